The van der Waals surface area contributed by atoms with Crippen molar-refractivity contribution < 1.29 is 4.74 Å². The van der Waals surface area contributed by atoms with Gasteiger partial charge in [0.2, 0.25) is 0 Å². The number of guanidine groups is 1. The average Bonchev–Trinajstić information content (AvgIpc) is 3.48. The first-order valence-electron chi connectivity index (χ1n) is 11.2. The van der Waals surface area contributed by atoms with Crippen LogP contribution in [0.5, 0.6) is 0 Å². The van der Waals surface area contributed by atoms with E-state index in [1.54, 1.807) is 6.33 Å². The lowest BCUT2D eigenvalue weighted by Gasteiger charge is -2.21. The van der Waals surface area contributed by atoms with Gasteiger partial charge in [-0.2, -0.15) is 0 Å². The quantitative estimate of drug-likeness (QED) is 0.254. The van der Waals surface area contributed by atoms with Gasteiger partial charge in [-0.1, -0.05) is 49.4 Å². The highest BCUT2D eigenvalue weighted by Crippen LogP contribution is 2.24. The number of aromatic nitrogens is 3. The Labute approximate surface area is 207 Å². The second-order valence-electron chi connectivity index (χ2n) is 8.07. The van der Waals surface area contributed by atoms with E-state index in [0.29, 0.717) is 5.92 Å². The summed E-state index contributed by atoms with van der Waals surface area (Å²) in [6.07, 6.45) is 3.74. The van der Waals surface area contributed by atoms with Crippen LogP contribution in [0, 0.1) is 5.92 Å². The van der Waals surface area contributed by atoms with Crippen LogP contribution in [-0.2, 0) is 17.7 Å². The Morgan fingerprint density at radius 2 is 2.09 bits per heavy atom. The molecule has 1 aromatic heterocycles. The van der Waals surface area contributed by atoms with E-state index in [2.05, 4.69) is 81.7 Å². The standard InChI is InChI=1S/C24H32N6O.HI/c1-3-23-29-27-17-30(23)13-12-25-24(26-15-19-11-14-31-16-19)28-18(2)21-10-6-8-20-7-4-5-9-22(20)21;/h4-10,17-19H,3,11-16H2,1-2H3,(H2,25,26,28);1H. The first kappa shape index (κ1) is 24.4. The lowest BCUT2D eigenvalue weighted by molar-refractivity contribution is 0.187. The molecule has 2 unspecified atom stereocenters. The predicted molar refractivity (Wildman–Crippen MR) is 140 cm³/mol. The van der Waals surface area contributed by atoms with Crippen LogP contribution in [0.15, 0.2) is 53.8 Å². The van der Waals surface area contributed by atoms with Crippen LogP contribution in [0.3, 0.4) is 0 Å². The average molecular weight is 548 g/mol. The maximum absolute atomic E-state index is 5.52. The van der Waals surface area contributed by atoms with Crippen molar-refractivity contribution in [3.63, 3.8) is 0 Å². The molecular weight excluding hydrogens is 515 g/mol. The summed E-state index contributed by atoms with van der Waals surface area (Å²) in [4.78, 5) is 4.89. The van der Waals surface area contributed by atoms with Crippen LogP contribution in [0.4, 0.5) is 0 Å². The highest BCUT2D eigenvalue weighted by atomic mass is 127. The van der Waals surface area contributed by atoms with E-state index in [4.69, 9.17) is 9.73 Å². The zero-order valence-electron chi connectivity index (χ0n) is 18.8. The number of rotatable bonds is 8. The zero-order chi connectivity index (χ0) is 21.5. The molecule has 1 aliphatic rings. The number of aliphatic imine (C=N–C) groups is 1. The Morgan fingerprint density at radius 3 is 2.91 bits per heavy atom. The van der Waals surface area contributed by atoms with Crippen LogP contribution >= 0.6 is 24.0 Å². The number of aryl methyl sites for hydroxylation is 1. The van der Waals surface area contributed by atoms with E-state index in [1.165, 1.54) is 16.3 Å². The fourth-order valence-electron chi connectivity index (χ4n) is 4.05. The largest absolute Gasteiger partial charge is 0.381 e. The van der Waals surface area contributed by atoms with E-state index in [-0.39, 0.29) is 30.0 Å². The van der Waals surface area contributed by atoms with E-state index in [9.17, 15) is 0 Å². The van der Waals surface area contributed by atoms with Crippen molar-refractivity contribution in [2.75, 3.05) is 26.3 Å². The number of fused-ring (bicyclic) bond motifs is 1. The molecule has 8 heteroatoms. The molecular formula is C24H33IN6O. The fourth-order valence-corrected chi connectivity index (χ4v) is 4.05. The minimum absolute atomic E-state index is 0. The minimum atomic E-state index is 0. The molecule has 3 aromatic rings. The molecule has 0 amide bonds. The van der Waals surface area contributed by atoms with Gasteiger partial charge in [0.25, 0.3) is 0 Å². The second kappa shape index (κ2) is 12.2. The number of nitrogens with zero attached hydrogens (tertiary/aromatic N) is 4. The molecule has 1 fully saturated rings. The lowest BCUT2D eigenvalue weighted by atomic mass is 10.00. The summed E-state index contributed by atoms with van der Waals surface area (Å²) in [5.41, 5.74) is 1.27. The summed E-state index contributed by atoms with van der Waals surface area (Å²) >= 11 is 0. The summed E-state index contributed by atoms with van der Waals surface area (Å²) in [6, 6.07) is 15.1. The first-order chi connectivity index (χ1) is 15.2. The van der Waals surface area contributed by atoms with Gasteiger partial charge in [0, 0.05) is 38.6 Å². The normalized spacial score (nSPS) is 17.2. The van der Waals surface area contributed by atoms with Crippen molar-refractivity contribution in [1.29, 1.82) is 0 Å². The molecule has 2 aromatic carbocycles. The molecule has 0 spiro atoms. The Bertz CT molecular complexity index is 1010. The van der Waals surface area contributed by atoms with Crippen molar-refractivity contribution in [2.45, 2.75) is 39.3 Å². The minimum Gasteiger partial charge on any atom is -0.381 e. The summed E-state index contributed by atoms with van der Waals surface area (Å²) in [6.45, 7) is 8.24. The summed E-state index contributed by atoms with van der Waals surface area (Å²) in [7, 11) is 0. The van der Waals surface area contributed by atoms with Crippen molar-refractivity contribution >= 4 is 40.7 Å². The van der Waals surface area contributed by atoms with Gasteiger partial charge in [-0.15, -0.1) is 34.2 Å². The smallest absolute Gasteiger partial charge is 0.191 e. The molecule has 172 valence electrons. The van der Waals surface area contributed by atoms with Crippen molar-refractivity contribution in [3.8, 4) is 0 Å². The van der Waals surface area contributed by atoms with Crippen molar-refractivity contribution in [2.24, 2.45) is 10.9 Å². The third-order valence-corrected chi connectivity index (χ3v) is 5.83. The highest BCUT2D eigenvalue weighted by molar-refractivity contribution is 14.0. The molecule has 2 heterocycles. The number of halogens is 1. The topological polar surface area (TPSA) is 76.4 Å². The van der Waals surface area contributed by atoms with Gasteiger partial charge in [-0.25, -0.2) is 0 Å². The Morgan fingerprint density at radius 1 is 1.25 bits per heavy atom. The van der Waals surface area contributed by atoms with Crippen LogP contribution in [0.2, 0.25) is 0 Å². The SMILES string of the molecule is CCc1nncn1CCNC(=NCC1CCOC1)NC(C)c1cccc2ccccc12.I. The molecule has 0 aliphatic carbocycles. The Balaban J connectivity index is 0.00000289. The Kier molecular flexibility index (Phi) is 9.28. The van der Waals surface area contributed by atoms with Crippen LogP contribution in [-0.4, -0.2) is 47.0 Å². The highest BCUT2D eigenvalue weighted by Gasteiger charge is 2.16. The molecule has 0 saturated carbocycles. The zero-order valence-corrected chi connectivity index (χ0v) is 21.2. The van der Waals surface area contributed by atoms with E-state index < -0.39 is 0 Å². The third kappa shape index (κ3) is 6.19. The number of ether oxygens (including phenoxy) is 1. The molecule has 32 heavy (non-hydrogen) atoms. The second-order valence-corrected chi connectivity index (χ2v) is 8.07. The molecule has 0 bridgehead atoms. The third-order valence-electron chi connectivity index (χ3n) is 5.83. The maximum Gasteiger partial charge on any atom is 0.191 e. The van der Waals surface area contributed by atoms with E-state index >= 15 is 0 Å². The van der Waals surface area contributed by atoms with Gasteiger partial charge in [0.15, 0.2) is 5.96 Å². The molecule has 0 radical (unpaired) electrons. The van der Waals surface area contributed by atoms with Gasteiger partial charge in [-0.3, -0.25) is 4.99 Å². The Hall–Kier alpha value is -2.20. The van der Waals surface area contributed by atoms with Gasteiger partial charge in [0.05, 0.1) is 12.6 Å². The van der Waals surface area contributed by atoms with Crippen LogP contribution in [0.1, 0.15) is 37.7 Å². The van der Waals surface area contributed by atoms with E-state index in [1.807, 2.05) is 0 Å². The number of nitrogens with one attached hydrogen (secondary N) is 2. The van der Waals surface area contributed by atoms with Gasteiger partial charge in [0.1, 0.15) is 12.2 Å². The van der Waals surface area contributed by atoms with Crippen LogP contribution < -0.4 is 10.6 Å². The summed E-state index contributed by atoms with van der Waals surface area (Å²) in [5.74, 6) is 2.33. The van der Waals surface area contributed by atoms with Crippen molar-refractivity contribution in [3.05, 3.63) is 60.2 Å². The molecule has 1 aliphatic heterocycles. The molecule has 1 saturated heterocycles. The van der Waals surface area contributed by atoms with Gasteiger partial charge < -0.3 is 19.9 Å². The van der Waals surface area contributed by atoms with Gasteiger partial charge in [-0.05, 0) is 29.7 Å². The number of hydrogen-bond acceptors (Lipinski definition) is 4. The van der Waals surface area contributed by atoms with Gasteiger partial charge >= 0.3 is 0 Å². The predicted octanol–water partition coefficient (Wildman–Crippen LogP) is 3.94. The summed E-state index contributed by atoms with van der Waals surface area (Å²) in [5, 5.41) is 17.8. The molecule has 2 atom stereocenters. The first-order valence-corrected chi connectivity index (χ1v) is 11.2. The fraction of sp³-hybridized carbons (Fsp3) is 0.458. The maximum atomic E-state index is 5.52. The lowest BCUT2D eigenvalue weighted by Crippen LogP contribution is -2.40. The molecule has 4 rings (SSSR count). The summed E-state index contributed by atoms with van der Waals surface area (Å²) < 4.78 is 7.60. The van der Waals surface area contributed by atoms with Crippen molar-refractivity contribution in [1.82, 2.24) is 25.4 Å². The molecule has 7 nitrogen and oxygen atoms in total. The monoisotopic (exact) mass is 548 g/mol. The van der Waals surface area contributed by atoms with Crippen LogP contribution in [0.25, 0.3) is 10.8 Å². The molecule has 2 N–H and O–H groups in total. The number of benzene rings is 2. The number of hydrogen-bond donors (Lipinski definition) is 2. The van der Waals surface area contributed by atoms with E-state index in [0.717, 1.165) is 57.5 Å².